The number of rotatable bonds is 4. The van der Waals surface area contributed by atoms with Gasteiger partial charge in [0.1, 0.15) is 5.82 Å². The molecular formula is C21H26FN3O2. The fraction of sp³-hybridized carbons (Fsp3) is 0.571. The van der Waals surface area contributed by atoms with Crippen molar-refractivity contribution in [1.82, 2.24) is 15.0 Å². The number of likely N-dealkylation sites (tertiary alicyclic amines) is 1. The Hall–Kier alpha value is -2.24. The van der Waals surface area contributed by atoms with Gasteiger partial charge in [-0.3, -0.25) is 4.79 Å². The molecule has 1 aromatic carbocycles. The van der Waals surface area contributed by atoms with E-state index in [0.29, 0.717) is 29.7 Å². The van der Waals surface area contributed by atoms with Gasteiger partial charge in [-0.1, -0.05) is 36.6 Å². The van der Waals surface area contributed by atoms with Crippen LogP contribution in [0.25, 0.3) is 11.4 Å². The number of carbonyl (C=O) groups is 1. The molecule has 1 saturated heterocycles. The minimum Gasteiger partial charge on any atom is -0.342 e. The first kappa shape index (κ1) is 18.1. The van der Waals surface area contributed by atoms with E-state index in [4.69, 9.17) is 4.52 Å². The number of halogens is 1. The van der Waals surface area contributed by atoms with E-state index in [1.54, 1.807) is 18.2 Å². The summed E-state index contributed by atoms with van der Waals surface area (Å²) in [5.41, 5.74) is 0.352. The Kier molecular flexibility index (Phi) is 5.50. The van der Waals surface area contributed by atoms with Crippen molar-refractivity contribution < 1.29 is 13.7 Å². The molecule has 1 atom stereocenters. The van der Waals surface area contributed by atoms with E-state index in [9.17, 15) is 9.18 Å². The molecule has 2 heterocycles. The normalized spacial score (nSPS) is 21.4. The first-order valence-electron chi connectivity index (χ1n) is 10.1. The van der Waals surface area contributed by atoms with Crippen molar-refractivity contribution in [3.8, 4) is 11.4 Å². The Morgan fingerprint density at radius 1 is 1.15 bits per heavy atom. The predicted molar refractivity (Wildman–Crippen MR) is 99.3 cm³/mol. The molecule has 5 nitrogen and oxygen atoms in total. The van der Waals surface area contributed by atoms with Gasteiger partial charge < -0.3 is 9.42 Å². The second kappa shape index (κ2) is 8.19. The Balaban J connectivity index is 1.38. The summed E-state index contributed by atoms with van der Waals surface area (Å²) in [6, 6.07) is 6.43. The highest BCUT2D eigenvalue weighted by atomic mass is 19.1. The van der Waals surface area contributed by atoms with Crippen LogP contribution in [0.15, 0.2) is 28.8 Å². The fourth-order valence-electron chi connectivity index (χ4n) is 4.38. The zero-order valence-corrected chi connectivity index (χ0v) is 15.6. The summed E-state index contributed by atoms with van der Waals surface area (Å²) in [4.78, 5) is 19.2. The summed E-state index contributed by atoms with van der Waals surface area (Å²) in [5.74, 6) is 1.32. The van der Waals surface area contributed by atoms with Crippen LogP contribution in [0.5, 0.6) is 0 Å². The van der Waals surface area contributed by atoms with E-state index >= 15 is 0 Å². The number of amides is 1. The van der Waals surface area contributed by atoms with Crippen LogP contribution in [0.2, 0.25) is 0 Å². The smallest absolute Gasteiger partial charge is 0.227 e. The van der Waals surface area contributed by atoms with E-state index in [1.807, 2.05) is 4.90 Å². The van der Waals surface area contributed by atoms with Crippen LogP contribution >= 0.6 is 0 Å². The summed E-state index contributed by atoms with van der Waals surface area (Å²) < 4.78 is 19.3. The Labute approximate surface area is 158 Å². The van der Waals surface area contributed by atoms with Gasteiger partial charge in [-0.2, -0.15) is 4.98 Å². The van der Waals surface area contributed by atoms with E-state index in [1.165, 1.54) is 25.3 Å². The zero-order valence-electron chi connectivity index (χ0n) is 15.6. The van der Waals surface area contributed by atoms with Crippen molar-refractivity contribution in [2.45, 2.75) is 51.4 Å². The maximum atomic E-state index is 13.9. The van der Waals surface area contributed by atoms with Crippen molar-refractivity contribution in [1.29, 1.82) is 0 Å². The molecule has 2 aromatic rings. The Bertz CT molecular complexity index is 785. The molecule has 2 fully saturated rings. The lowest BCUT2D eigenvalue weighted by Crippen LogP contribution is -2.43. The first-order valence-corrected chi connectivity index (χ1v) is 10.1. The number of nitrogens with zero attached hydrogens (tertiary/aromatic N) is 3. The molecule has 144 valence electrons. The third kappa shape index (κ3) is 4.20. The summed E-state index contributed by atoms with van der Waals surface area (Å²) in [7, 11) is 0. The lowest BCUT2D eigenvalue weighted by atomic mass is 9.87. The SMILES string of the molecule is O=C(C1CCCCC1)N1CCCC(Cc2nc(-c3ccccc3F)no2)C1. The number of hydrogen-bond donors (Lipinski definition) is 0. The molecule has 0 spiro atoms. The van der Waals surface area contributed by atoms with Crippen molar-refractivity contribution >= 4 is 5.91 Å². The molecule has 0 N–H and O–H groups in total. The summed E-state index contributed by atoms with van der Waals surface area (Å²) >= 11 is 0. The van der Waals surface area contributed by atoms with Gasteiger partial charge in [0.25, 0.3) is 0 Å². The third-order valence-electron chi connectivity index (χ3n) is 5.83. The van der Waals surface area contributed by atoms with E-state index in [0.717, 1.165) is 38.8 Å². The molecule has 1 aliphatic carbocycles. The lowest BCUT2D eigenvalue weighted by molar-refractivity contribution is -0.138. The average Bonchev–Trinajstić information content (AvgIpc) is 3.17. The molecule has 1 aromatic heterocycles. The molecule has 1 saturated carbocycles. The number of piperidine rings is 1. The summed E-state index contributed by atoms with van der Waals surface area (Å²) in [6.07, 6.45) is 8.38. The van der Waals surface area contributed by atoms with Gasteiger partial charge in [0.2, 0.25) is 17.6 Å². The van der Waals surface area contributed by atoms with Crippen molar-refractivity contribution in [2.24, 2.45) is 11.8 Å². The van der Waals surface area contributed by atoms with Crippen LogP contribution < -0.4 is 0 Å². The topological polar surface area (TPSA) is 59.2 Å². The van der Waals surface area contributed by atoms with Crippen molar-refractivity contribution in [3.63, 3.8) is 0 Å². The van der Waals surface area contributed by atoms with E-state index in [2.05, 4.69) is 10.1 Å². The fourth-order valence-corrected chi connectivity index (χ4v) is 4.38. The number of carbonyl (C=O) groups excluding carboxylic acids is 1. The Morgan fingerprint density at radius 2 is 1.96 bits per heavy atom. The monoisotopic (exact) mass is 371 g/mol. The van der Waals surface area contributed by atoms with Gasteiger partial charge in [0.15, 0.2) is 0 Å². The maximum Gasteiger partial charge on any atom is 0.227 e. The van der Waals surface area contributed by atoms with E-state index < -0.39 is 0 Å². The van der Waals surface area contributed by atoms with Crippen LogP contribution in [0, 0.1) is 17.7 Å². The van der Waals surface area contributed by atoms with Crippen LogP contribution in [0.1, 0.15) is 50.8 Å². The highest BCUT2D eigenvalue weighted by Crippen LogP contribution is 2.28. The van der Waals surface area contributed by atoms with Gasteiger partial charge in [-0.05, 0) is 43.7 Å². The molecule has 4 rings (SSSR count). The Morgan fingerprint density at radius 3 is 2.78 bits per heavy atom. The standard InChI is InChI=1S/C21H26FN3O2/c22-18-11-5-4-10-17(18)20-23-19(27-24-20)13-15-7-6-12-25(14-15)21(26)16-8-2-1-3-9-16/h4-5,10-11,15-16H,1-3,6-9,12-14H2. The number of aromatic nitrogens is 2. The summed E-state index contributed by atoms with van der Waals surface area (Å²) in [5, 5.41) is 3.93. The van der Waals surface area contributed by atoms with Crippen LogP contribution in [0.3, 0.4) is 0 Å². The van der Waals surface area contributed by atoms with Crippen LogP contribution in [-0.4, -0.2) is 34.0 Å². The highest BCUT2D eigenvalue weighted by Gasteiger charge is 2.30. The second-order valence-electron chi connectivity index (χ2n) is 7.82. The van der Waals surface area contributed by atoms with Gasteiger partial charge in [-0.15, -0.1) is 0 Å². The maximum absolute atomic E-state index is 13.9. The third-order valence-corrected chi connectivity index (χ3v) is 5.83. The predicted octanol–water partition coefficient (Wildman–Crippen LogP) is 4.24. The first-order chi connectivity index (χ1) is 13.2. The molecule has 0 bridgehead atoms. The average molecular weight is 371 g/mol. The lowest BCUT2D eigenvalue weighted by Gasteiger charge is -2.35. The molecule has 6 heteroatoms. The second-order valence-corrected chi connectivity index (χ2v) is 7.82. The van der Waals surface area contributed by atoms with Gasteiger partial charge in [-0.25, -0.2) is 4.39 Å². The zero-order chi connectivity index (χ0) is 18.6. The minimum atomic E-state index is -0.355. The molecule has 1 aliphatic heterocycles. The van der Waals surface area contributed by atoms with Crippen LogP contribution in [-0.2, 0) is 11.2 Å². The molecule has 1 amide bonds. The number of benzene rings is 1. The molecule has 0 radical (unpaired) electrons. The molecule has 2 aliphatic rings. The van der Waals surface area contributed by atoms with Gasteiger partial charge in [0.05, 0.1) is 5.56 Å². The highest BCUT2D eigenvalue weighted by molar-refractivity contribution is 5.79. The minimum absolute atomic E-state index is 0.216. The van der Waals surface area contributed by atoms with Gasteiger partial charge >= 0.3 is 0 Å². The summed E-state index contributed by atoms with van der Waals surface area (Å²) in [6.45, 7) is 1.61. The molecular weight excluding hydrogens is 345 g/mol. The van der Waals surface area contributed by atoms with Crippen molar-refractivity contribution in [2.75, 3.05) is 13.1 Å². The number of hydrogen-bond acceptors (Lipinski definition) is 4. The molecule has 1 unspecified atom stereocenters. The molecule has 27 heavy (non-hydrogen) atoms. The van der Waals surface area contributed by atoms with E-state index in [-0.39, 0.29) is 17.6 Å². The largest absolute Gasteiger partial charge is 0.342 e. The van der Waals surface area contributed by atoms with Crippen molar-refractivity contribution in [3.05, 3.63) is 36.0 Å². The van der Waals surface area contributed by atoms with Crippen LogP contribution in [0.4, 0.5) is 4.39 Å². The van der Waals surface area contributed by atoms with Gasteiger partial charge in [0, 0.05) is 25.4 Å². The quantitative estimate of drug-likeness (QED) is 0.807.